The highest BCUT2D eigenvalue weighted by Crippen LogP contribution is 2.24. The molecule has 0 saturated carbocycles. The average Bonchev–Trinajstić information content (AvgIpc) is 2.36. The van der Waals surface area contributed by atoms with Gasteiger partial charge in [0.15, 0.2) is 6.10 Å². The van der Waals surface area contributed by atoms with Crippen LogP contribution in [0.2, 0.25) is 0 Å². The number of rotatable bonds is 5. The first-order valence-electron chi connectivity index (χ1n) is 5.35. The fourth-order valence-electron chi connectivity index (χ4n) is 1.39. The molecule has 104 valence electrons. The van der Waals surface area contributed by atoms with Crippen molar-refractivity contribution in [1.29, 1.82) is 0 Å². The zero-order chi connectivity index (χ0) is 14.6. The Morgan fingerprint density at radius 3 is 2.63 bits per heavy atom. The van der Waals surface area contributed by atoms with Crippen molar-refractivity contribution in [2.45, 2.75) is 19.1 Å². The number of hydrogen-bond donors (Lipinski definition) is 2. The van der Waals surface area contributed by atoms with Crippen LogP contribution in [0.4, 0.5) is 10.1 Å². The van der Waals surface area contributed by atoms with E-state index < -0.39 is 34.6 Å². The van der Waals surface area contributed by atoms with Gasteiger partial charge in [-0.1, -0.05) is 0 Å². The number of ether oxygens (including phenoxy) is 1. The molecule has 19 heavy (non-hydrogen) atoms. The third-order valence-electron chi connectivity index (χ3n) is 2.34. The highest BCUT2D eigenvalue weighted by Gasteiger charge is 2.28. The van der Waals surface area contributed by atoms with Gasteiger partial charge in [-0.05, 0) is 24.6 Å². The minimum Gasteiger partial charge on any atom is -0.464 e. The van der Waals surface area contributed by atoms with Gasteiger partial charge >= 0.3 is 11.7 Å². The third-order valence-corrected chi connectivity index (χ3v) is 2.34. The van der Waals surface area contributed by atoms with Crippen molar-refractivity contribution in [2.24, 2.45) is 0 Å². The molecule has 0 spiro atoms. The molecule has 1 aromatic rings. The predicted octanol–water partition coefficient (Wildman–Crippen LogP) is 0.691. The lowest BCUT2D eigenvalue weighted by atomic mass is 10.0. The molecule has 0 aromatic heterocycles. The number of aliphatic hydroxyl groups excluding tert-OH is 2. The lowest BCUT2D eigenvalue weighted by molar-refractivity contribution is -0.387. The number of aliphatic hydroxyl groups is 2. The van der Waals surface area contributed by atoms with Crippen LogP contribution in [-0.4, -0.2) is 33.8 Å². The van der Waals surface area contributed by atoms with E-state index in [1.807, 2.05) is 0 Å². The number of hydrogen-bond acceptors (Lipinski definition) is 6. The zero-order valence-corrected chi connectivity index (χ0v) is 9.95. The van der Waals surface area contributed by atoms with Gasteiger partial charge in [-0.2, -0.15) is 4.39 Å². The fraction of sp³-hybridized carbons (Fsp3) is 0.364. The standard InChI is InChI=1S/C11H12FNO6/c1-2-19-11(16)10(15)9(14)6-3-4-8(13(17)18)7(12)5-6/h3-5,9-10,14-15H,2H2,1H3. The van der Waals surface area contributed by atoms with Crippen molar-refractivity contribution in [1.82, 2.24) is 0 Å². The molecular formula is C11H12FNO6. The Morgan fingerprint density at radius 1 is 1.53 bits per heavy atom. The Bertz CT molecular complexity index is 492. The Kier molecular flexibility index (Phi) is 4.90. The van der Waals surface area contributed by atoms with Crippen LogP contribution in [0.15, 0.2) is 18.2 Å². The Labute approximate surface area is 107 Å². The first kappa shape index (κ1) is 15.0. The van der Waals surface area contributed by atoms with E-state index in [4.69, 9.17) is 0 Å². The smallest absolute Gasteiger partial charge is 0.338 e. The van der Waals surface area contributed by atoms with Gasteiger partial charge in [0.05, 0.1) is 11.5 Å². The number of carbonyl (C=O) groups is 1. The van der Waals surface area contributed by atoms with Gasteiger partial charge in [-0.25, -0.2) is 4.79 Å². The van der Waals surface area contributed by atoms with Gasteiger partial charge in [0.1, 0.15) is 6.10 Å². The van der Waals surface area contributed by atoms with Crippen molar-refractivity contribution < 1.29 is 29.1 Å². The molecule has 8 heteroatoms. The van der Waals surface area contributed by atoms with Crippen LogP contribution in [0.1, 0.15) is 18.6 Å². The Morgan fingerprint density at radius 2 is 2.16 bits per heavy atom. The molecule has 0 aliphatic carbocycles. The Hall–Kier alpha value is -2.06. The second-order valence-corrected chi connectivity index (χ2v) is 3.61. The van der Waals surface area contributed by atoms with Gasteiger partial charge in [-0.3, -0.25) is 10.1 Å². The summed E-state index contributed by atoms with van der Waals surface area (Å²) in [4.78, 5) is 20.7. The molecule has 0 amide bonds. The summed E-state index contributed by atoms with van der Waals surface area (Å²) in [5.74, 6) is -2.23. The molecule has 0 saturated heterocycles. The van der Waals surface area contributed by atoms with Crippen LogP contribution in [0, 0.1) is 15.9 Å². The van der Waals surface area contributed by atoms with E-state index in [1.54, 1.807) is 0 Å². The van der Waals surface area contributed by atoms with E-state index in [-0.39, 0.29) is 12.2 Å². The summed E-state index contributed by atoms with van der Waals surface area (Å²) in [7, 11) is 0. The number of carbonyl (C=O) groups excluding carboxylic acids is 1. The quantitative estimate of drug-likeness (QED) is 0.464. The Balaban J connectivity index is 2.94. The lowest BCUT2D eigenvalue weighted by Crippen LogP contribution is -2.29. The maximum absolute atomic E-state index is 13.3. The molecule has 2 unspecified atom stereocenters. The molecule has 0 bridgehead atoms. The largest absolute Gasteiger partial charge is 0.464 e. The van der Waals surface area contributed by atoms with Gasteiger partial charge in [0.25, 0.3) is 0 Å². The first-order valence-corrected chi connectivity index (χ1v) is 5.35. The van der Waals surface area contributed by atoms with Crippen molar-refractivity contribution in [3.63, 3.8) is 0 Å². The van der Waals surface area contributed by atoms with Crippen LogP contribution >= 0.6 is 0 Å². The van der Waals surface area contributed by atoms with Crippen molar-refractivity contribution in [2.75, 3.05) is 6.61 Å². The lowest BCUT2D eigenvalue weighted by Gasteiger charge is -2.16. The van der Waals surface area contributed by atoms with Crippen LogP contribution in [-0.2, 0) is 9.53 Å². The molecule has 2 N–H and O–H groups in total. The second-order valence-electron chi connectivity index (χ2n) is 3.61. The molecule has 2 atom stereocenters. The maximum atomic E-state index is 13.3. The number of nitro benzene ring substituents is 1. The summed E-state index contributed by atoms with van der Waals surface area (Å²) in [5, 5.41) is 29.5. The van der Waals surface area contributed by atoms with E-state index in [2.05, 4.69) is 4.74 Å². The molecule has 0 fully saturated rings. The fourth-order valence-corrected chi connectivity index (χ4v) is 1.39. The monoisotopic (exact) mass is 273 g/mol. The predicted molar refractivity (Wildman–Crippen MR) is 60.7 cm³/mol. The molecular weight excluding hydrogens is 261 g/mol. The van der Waals surface area contributed by atoms with E-state index in [1.165, 1.54) is 6.92 Å². The normalized spacial score (nSPS) is 13.7. The summed E-state index contributed by atoms with van der Waals surface area (Å²) < 4.78 is 17.8. The van der Waals surface area contributed by atoms with E-state index in [0.717, 1.165) is 12.1 Å². The average molecular weight is 273 g/mol. The van der Waals surface area contributed by atoms with E-state index >= 15 is 0 Å². The van der Waals surface area contributed by atoms with Gasteiger partial charge < -0.3 is 14.9 Å². The van der Waals surface area contributed by atoms with E-state index in [9.17, 15) is 29.5 Å². The van der Waals surface area contributed by atoms with Crippen LogP contribution in [0.3, 0.4) is 0 Å². The van der Waals surface area contributed by atoms with Gasteiger partial charge in [0, 0.05) is 6.07 Å². The number of halogens is 1. The number of benzene rings is 1. The summed E-state index contributed by atoms with van der Waals surface area (Å²) in [6.45, 7) is 1.53. The topological polar surface area (TPSA) is 110 Å². The van der Waals surface area contributed by atoms with Crippen molar-refractivity contribution >= 4 is 11.7 Å². The van der Waals surface area contributed by atoms with Crippen LogP contribution < -0.4 is 0 Å². The molecule has 0 aliphatic rings. The zero-order valence-electron chi connectivity index (χ0n) is 9.95. The second kappa shape index (κ2) is 6.21. The minimum absolute atomic E-state index is 0.0111. The maximum Gasteiger partial charge on any atom is 0.338 e. The van der Waals surface area contributed by atoms with Crippen LogP contribution in [0.5, 0.6) is 0 Å². The molecule has 0 heterocycles. The highest BCUT2D eigenvalue weighted by molar-refractivity contribution is 5.75. The van der Waals surface area contributed by atoms with Crippen LogP contribution in [0.25, 0.3) is 0 Å². The van der Waals surface area contributed by atoms with Gasteiger partial charge in [0.2, 0.25) is 5.82 Å². The first-order chi connectivity index (χ1) is 8.88. The highest BCUT2D eigenvalue weighted by atomic mass is 19.1. The van der Waals surface area contributed by atoms with Gasteiger partial charge in [-0.15, -0.1) is 0 Å². The summed E-state index contributed by atoms with van der Waals surface area (Å²) in [6, 6.07) is 2.57. The number of nitrogens with zero attached hydrogens (tertiary/aromatic N) is 1. The summed E-state index contributed by atoms with van der Waals surface area (Å²) in [6.07, 6.45) is -3.62. The summed E-state index contributed by atoms with van der Waals surface area (Å²) >= 11 is 0. The number of nitro groups is 1. The molecule has 0 aliphatic heterocycles. The van der Waals surface area contributed by atoms with Crippen molar-refractivity contribution in [3.8, 4) is 0 Å². The molecule has 1 rings (SSSR count). The minimum atomic E-state index is -1.89. The third kappa shape index (κ3) is 3.46. The van der Waals surface area contributed by atoms with E-state index in [0.29, 0.717) is 6.07 Å². The molecule has 7 nitrogen and oxygen atoms in total. The van der Waals surface area contributed by atoms with Crippen molar-refractivity contribution in [3.05, 3.63) is 39.7 Å². The SMILES string of the molecule is CCOC(=O)C(O)C(O)c1ccc([N+](=O)[O-])c(F)c1. The molecule has 1 aromatic carbocycles. The summed E-state index contributed by atoms with van der Waals surface area (Å²) in [5.41, 5.74) is -0.926. The molecule has 0 radical (unpaired) electrons. The number of esters is 1.